The molecule has 0 nitrogen and oxygen atoms in total. The van der Waals surface area contributed by atoms with E-state index in [9.17, 15) is 0 Å². The molecule has 4 heteroatoms. The van der Waals surface area contributed by atoms with Gasteiger partial charge < -0.3 is 24.8 Å². The maximum atomic E-state index is 2.28. The Bertz CT molecular complexity index is 1930. The van der Waals surface area contributed by atoms with E-state index in [1.807, 2.05) is 0 Å². The van der Waals surface area contributed by atoms with Gasteiger partial charge in [-0.1, -0.05) is 155 Å². The molecule has 0 spiro atoms. The van der Waals surface area contributed by atoms with Crippen molar-refractivity contribution in [2.24, 2.45) is 0 Å². The molecule has 0 aliphatic carbocycles. The van der Waals surface area contributed by atoms with E-state index in [0.717, 1.165) is 0 Å². The molecule has 0 heterocycles. The molecule has 8 aromatic carbocycles. The second-order valence-corrected chi connectivity index (χ2v) is 15.6. The van der Waals surface area contributed by atoms with Crippen LogP contribution in [-0.2, 0) is 78.1 Å². The standard InChI is InChI=1S/4C14H17.2ClH.2Zr/c4*1-2-3-4-7-12-10-11-13-8-5-6-9-14(12)13;;;;/h4*5-6,8-11H,2-4,7H2,1H3;2*1H;;/q4*-1;;;2*+2/p-2. The Morgan fingerprint density at radius 3 is 0.683 bits per heavy atom. The van der Waals surface area contributed by atoms with Crippen LogP contribution in [-0.4, -0.2) is 0 Å². The summed E-state index contributed by atoms with van der Waals surface area (Å²) in [5.74, 6) is 0. The van der Waals surface area contributed by atoms with E-state index in [-0.39, 0.29) is 77.2 Å². The predicted octanol–water partition coefficient (Wildman–Crippen LogP) is 11.2. The van der Waals surface area contributed by atoms with Gasteiger partial charge in [0.05, 0.1) is 0 Å². The number of halogens is 2. The zero-order valence-electron chi connectivity index (χ0n) is 36.9. The van der Waals surface area contributed by atoms with Gasteiger partial charge >= 0.3 is 52.4 Å². The minimum absolute atomic E-state index is 0. The maximum Gasteiger partial charge on any atom is 2.00 e. The van der Waals surface area contributed by atoms with Crippen molar-refractivity contribution >= 4 is 43.1 Å². The molecule has 0 aliphatic heterocycles. The van der Waals surface area contributed by atoms with Crippen molar-refractivity contribution in [3.05, 3.63) is 168 Å². The van der Waals surface area contributed by atoms with Crippen molar-refractivity contribution in [3.63, 3.8) is 0 Å². The second-order valence-electron chi connectivity index (χ2n) is 15.6. The molecule has 0 saturated heterocycles. The summed E-state index contributed by atoms with van der Waals surface area (Å²) >= 11 is 0. The van der Waals surface area contributed by atoms with Gasteiger partial charge in [0.2, 0.25) is 0 Å². The second kappa shape index (κ2) is 32.4. The van der Waals surface area contributed by atoms with Gasteiger partial charge in [0.15, 0.2) is 0 Å². The summed E-state index contributed by atoms with van der Waals surface area (Å²) in [4.78, 5) is 0. The van der Waals surface area contributed by atoms with Crippen LogP contribution in [0.4, 0.5) is 0 Å². The van der Waals surface area contributed by atoms with Crippen LogP contribution in [0.2, 0.25) is 0 Å². The topological polar surface area (TPSA) is 0 Å². The summed E-state index contributed by atoms with van der Waals surface area (Å²) in [6.07, 6.45) is 20.8. The summed E-state index contributed by atoms with van der Waals surface area (Å²) in [6, 6.07) is 52.7. The van der Waals surface area contributed by atoms with Crippen molar-refractivity contribution in [3.8, 4) is 0 Å². The molecule has 0 radical (unpaired) electrons. The molecule has 0 amide bonds. The average Bonchev–Trinajstić information content (AvgIpc) is 4.05. The van der Waals surface area contributed by atoms with Gasteiger partial charge in [-0.3, -0.25) is 0 Å². The molecule has 0 bridgehead atoms. The fourth-order valence-corrected chi connectivity index (χ4v) is 7.99. The first-order chi connectivity index (χ1) is 27.7. The zero-order valence-corrected chi connectivity index (χ0v) is 43.4. The van der Waals surface area contributed by atoms with Crippen LogP contribution in [0.25, 0.3) is 43.1 Å². The monoisotopic (exact) mass is 990 g/mol. The van der Waals surface area contributed by atoms with Gasteiger partial charge in [0.25, 0.3) is 0 Å². The minimum Gasteiger partial charge on any atom is -1.00 e. The smallest absolute Gasteiger partial charge is 1.00 e. The third-order valence-corrected chi connectivity index (χ3v) is 11.3. The van der Waals surface area contributed by atoms with Gasteiger partial charge in [-0.15, -0.1) is 162 Å². The number of fused-ring (bicyclic) bond motifs is 4. The summed E-state index contributed by atoms with van der Waals surface area (Å²) < 4.78 is 0. The third kappa shape index (κ3) is 17.4. The van der Waals surface area contributed by atoms with Crippen LogP contribution < -0.4 is 24.8 Å². The van der Waals surface area contributed by atoms with E-state index in [0.29, 0.717) is 0 Å². The number of unbranched alkanes of at least 4 members (excludes halogenated alkanes) is 8. The van der Waals surface area contributed by atoms with Crippen LogP contribution in [0, 0.1) is 0 Å². The van der Waals surface area contributed by atoms with Crippen molar-refractivity contribution in [1.29, 1.82) is 0 Å². The van der Waals surface area contributed by atoms with Crippen LogP contribution >= 0.6 is 0 Å². The number of aryl methyl sites for hydroxylation is 4. The molecule has 0 fully saturated rings. The molecule has 0 saturated carbocycles. The Labute approximate surface area is 414 Å². The van der Waals surface area contributed by atoms with Crippen LogP contribution in [0.1, 0.15) is 127 Å². The Hall–Kier alpha value is -2.33. The van der Waals surface area contributed by atoms with Crippen molar-refractivity contribution in [1.82, 2.24) is 0 Å². The third-order valence-electron chi connectivity index (χ3n) is 11.3. The van der Waals surface area contributed by atoms with Gasteiger partial charge in [-0.05, 0) is 0 Å². The molecule has 0 aliphatic rings. The Morgan fingerprint density at radius 1 is 0.283 bits per heavy atom. The molecule has 316 valence electrons. The number of rotatable bonds is 16. The number of hydrogen-bond donors (Lipinski definition) is 0. The largest absolute Gasteiger partial charge is 2.00 e. The Morgan fingerprint density at radius 2 is 0.483 bits per heavy atom. The van der Waals surface area contributed by atoms with Crippen molar-refractivity contribution < 1.29 is 77.2 Å². The minimum atomic E-state index is 0. The molecule has 60 heavy (non-hydrogen) atoms. The average molecular weight is 995 g/mol. The predicted molar refractivity (Wildman–Crippen MR) is 251 cm³/mol. The molecule has 0 N–H and O–H groups in total. The molecule has 8 rings (SSSR count). The fourth-order valence-electron chi connectivity index (χ4n) is 7.99. The van der Waals surface area contributed by atoms with E-state index in [1.54, 1.807) is 0 Å². The van der Waals surface area contributed by atoms with E-state index in [2.05, 4.69) is 173 Å². The van der Waals surface area contributed by atoms with Crippen LogP contribution in [0.15, 0.2) is 146 Å². The van der Waals surface area contributed by atoms with Gasteiger partial charge in [-0.25, -0.2) is 0 Å². The number of benzene rings is 4. The van der Waals surface area contributed by atoms with E-state index in [1.165, 1.54) is 168 Å². The summed E-state index contributed by atoms with van der Waals surface area (Å²) in [5.41, 5.74) is 6.09. The summed E-state index contributed by atoms with van der Waals surface area (Å²) in [6.45, 7) is 9.01. The quantitative estimate of drug-likeness (QED) is 0.0668. The van der Waals surface area contributed by atoms with Crippen molar-refractivity contribution in [2.45, 2.75) is 130 Å². The molecule has 0 atom stereocenters. The SMILES string of the molecule is CCCCC[c-]1ccc2ccccc21.CCCCC[c-]1ccc2ccccc21.CCCCC[c-]1ccc2ccccc21.CCCCC[c-]1ccc2ccccc21.[Cl-].[Cl-].[Zr+2].[Zr+2]. The molecule has 0 aromatic heterocycles. The van der Waals surface area contributed by atoms with Crippen molar-refractivity contribution in [2.75, 3.05) is 0 Å². The van der Waals surface area contributed by atoms with Crippen LogP contribution in [0.5, 0.6) is 0 Å². The zero-order chi connectivity index (χ0) is 39.2. The van der Waals surface area contributed by atoms with Crippen LogP contribution in [0.3, 0.4) is 0 Å². The number of hydrogen-bond acceptors (Lipinski definition) is 0. The molecule has 8 aromatic rings. The Balaban J connectivity index is 0.000000391. The molecular weight excluding hydrogens is 926 g/mol. The summed E-state index contributed by atoms with van der Waals surface area (Å²) in [5, 5.41) is 11.3. The summed E-state index contributed by atoms with van der Waals surface area (Å²) in [7, 11) is 0. The Kier molecular flexibility index (Phi) is 30.0. The van der Waals surface area contributed by atoms with Gasteiger partial charge in [0, 0.05) is 0 Å². The first-order valence-electron chi connectivity index (χ1n) is 22.2. The fraction of sp³-hybridized carbons (Fsp3) is 0.357. The van der Waals surface area contributed by atoms with E-state index >= 15 is 0 Å². The first kappa shape index (κ1) is 55.7. The first-order valence-corrected chi connectivity index (χ1v) is 22.2. The molecule has 0 unspecified atom stereocenters. The van der Waals surface area contributed by atoms with E-state index < -0.39 is 0 Å². The molecular formula is C56H68Cl2Zr2-2. The normalized spacial score (nSPS) is 10.2. The van der Waals surface area contributed by atoms with Gasteiger partial charge in [0.1, 0.15) is 0 Å². The maximum absolute atomic E-state index is 2.28. The van der Waals surface area contributed by atoms with E-state index in [4.69, 9.17) is 0 Å². The van der Waals surface area contributed by atoms with Gasteiger partial charge in [-0.2, -0.15) is 24.3 Å².